The van der Waals surface area contributed by atoms with E-state index in [1.807, 2.05) is 25.1 Å². The molecule has 2 aromatic carbocycles. The number of carbonyl (C=O) groups excluding carboxylic acids is 1. The molecular formula is C17H16N4O3. The number of aromatic nitrogens is 2. The number of nitrogens with two attached hydrogens (primary N) is 1. The van der Waals surface area contributed by atoms with Crippen molar-refractivity contribution in [1.82, 2.24) is 10.2 Å². The average Bonchev–Trinajstić information content (AvgIpc) is 2.98. The second-order valence-corrected chi connectivity index (χ2v) is 5.54. The summed E-state index contributed by atoms with van der Waals surface area (Å²) in [7, 11) is 0. The summed E-state index contributed by atoms with van der Waals surface area (Å²) >= 11 is 0. The van der Waals surface area contributed by atoms with Crippen molar-refractivity contribution in [2.75, 3.05) is 0 Å². The van der Waals surface area contributed by atoms with Crippen LogP contribution in [-0.4, -0.2) is 21.0 Å². The van der Waals surface area contributed by atoms with Crippen LogP contribution in [0.5, 0.6) is 0 Å². The van der Waals surface area contributed by atoms with E-state index in [1.54, 1.807) is 12.1 Å². The number of nitro groups is 1. The maximum atomic E-state index is 11.6. The van der Waals surface area contributed by atoms with Crippen LogP contribution in [0.4, 0.5) is 5.69 Å². The molecule has 1 unspecified atom stereocenters. The molecule has 3 N–H and O–H groups in total. The van der Waals surface area contributed by atoms with Crippen LogP contribution in [0.1, 0.15) is 25.0 Å². The highest BCUT2D eigenvalue weighted by atomic mass is 16.6. The van der Waals surface area contributed by atoms with Crippen LogP contribution in [0.15, 0.2) is 42.5 Å². The van der Waals surface area contributed by atoms with Crippen molar-refractivity contribution in [3.63, 3.8) is 0 Å². The van der Waals surface area contributed by atoms with Crippen molar-refractivity contribution < 1.29 is 9.72 Å². The van der Waals surface area contributed by atoms with E-state index in [2.05, 4.69) is 10.2 Å². The van der Waals surface area contributed by atoms with Crippen LogP contribution >= 0.6 is 0 Å². The summed E-state index contributed by atoms with van der Waals surface area (Å²) in [6.07, 6.45) is 0.594. The van der Waals surface area contributed by atoms with E-state index in [9.17, 15) is 14.9 Å². The van der Waals surface area contributed by atoms with Gasteiger partial charge in [0.25, 0.3) is 5.69 Å². The van der Waals surface area contributed by atoms with Crippen LogP contribution in [0.3, 0.4) is 0 Å². The smallest absolute Gasteiger partial charge is 0.269 e. The Morgan fingerprint density at radius 1 is 1.25 bits per heavy atom. The number of H-pyrrole nitrogens is 1. The number of non-ortho nitro benzene ring substituents is 1. The third kappa shape index (κ3) is 2.71. The molecule has 1 atom stereocenters. The van der Waals surface area contributed by atoms with Crippen molar-refractivity contribution in [2.45, 2.75) is 19.3 Å². The van der Waals surface area contributed by atoms with Crippen LogP contribution in [0, 0.1) is 10.1 Å². The number of nitrogens with one attached hydrogen (secondary N) is 1. The van der Waals surface area contributed by atoms with Gasteiger partial charge < -0.3 is 5.73 Å². The lowest BCUT2D eigenvalue weighted by atomic mass is 9.97. The average molecular weight is 324 g/mol. The molecule has 0 bridgehead atoms. The summed E-state index contributed by atoms with van der Waals surface area (Å²) in [5.41, 5.74) is 8.68. The number of primary amides is 1. The van der Waals surface area contributed by atoms with E-state index in [1.165, 1.54) is 12.1 Å². The lowest BCUT2D eigenvalue weighted by Gasteiger charge is -2.09. The predicted molar refractivity (Wildman–Crippen MR) is 90.4 cm³/mol. The van der Waals surface area contributed by atoms with Gasteiger partial charge in [0.15, 0.2) is 0 Å². The quantitative estimate of drug-likeness (QED) is 0.554. The van der Waals surface area contributed by atoms with Crippen molar-refractivity contribution in [3.8, 4) is 11.1 Å². The van der Waals surface area contributed by atoms with Crippen molar-refractivity contribution >= 4 is 22.5 Å². The summed E-state index contributed by atoms with van der Waals surface area (Å²) < 4.78 is 0. The molecule has 0 saturated carbocycles. The van der Waals surface area contributed by atoms with E-state index in [-0.39, 0.29) is 11.6 Å². The van der Waals surface area contributed by atoms with Gasteiger partial charge in [0.2, 0.25) is 5.91 Å². The molecule has 0 aliphatic rings. The minimum absolute atomic E-state index is 0.0501. The fourth-order valence-corrected chi connectivity index (χ4v) is 2.80. The second-order valence-electron chi connectivity index (χ2n) is 5.54. The molecule has 1 aromatic heterocycles. The highest BCUT2D eigenvalue weighted by Gasteiger charge is 2.20. The first-order chi connectivity index (χ1) is 11.5. The van der Waals surface area contributed by atoms with Gasteiger partial charge in [-0.1, -0.05) is 19.1 Å². The number of fused-ring (bicyclic) bond motifs is 1. The van der Waals surface area contributed by atoms with E-state index in [4.69, 9.17) is 5.73 Å². The fraction of sp³-hybridized carbons (Fsp3) is 0.176. The van der Waals surface area contributed by atoms with Crippen LogP contribution < -0.4 is 5.73 Å². The van der Waals surface area contributed by atoms with Gasteiger partial charge in [-0.2, -0.15) is 5.10 Å². The molecule has 0 saturated heterocycles. The second kappa shape index (κ2) is 6.11. The first-order valence-electron chi connectivity index (χ1n) is 7.53. The lowest BCUT2D eigenvalue weighted by molar-refractivity contribution is -0.384. The van der Waals surface area contributed by atoms with Gasteiger partial charge in [-0.25, -0.2) is 0 Å². The molecule has 3 aromatic rings. The largest absolute Gasteiger partial charge is 0.369 e. The molecule has 0 fully saturated rings. The van der Waals surface area contributed by atoms with Crippen molar-refractivity contribution in [1.29, 1.82) is 0 Å². The molecule has 1 heterocycles. The minimum Gasteiger partial charge on any atom is -0.369 e. The SMILES string of the molecule is CCC(C(N)=O)c1[nH]nc2cc(-c3ccc([N+](=O)[O-])cc3)ccc12. The van der Waals surface area contributed by atoms with Gasteiger partial charge in [-0.05, 0) is 35.7 Å². The number of amides is 1. The Bertz CT molecular complexity index is 915. The van der Waals surface area contributed by atoms with E-state index in [0.29, 0.717) is 6.42 Å². The Kier molecular flexibility index (Phi) is 3.99. The summed E-state index contributed by atoms with van der Waals surface area (Å²) in [5, 5.41) is 18.7. The third-order valence-corrected chi connectivity index (χ3v) is 4.10. The monoisotopic (exact) mass is 324 g/mol. The first kappa shape index (κ1) is 15.7. The minimum atomic E-state index is -0.429. The van der Waals surface area contributed by atoms with Gasteiger partial charge >= 0.3 is 0 Å². The van der Waals surface area contributed by atoms with Crippen LogP contribution in [0.2, 0.25) is 0 Å². The molecular weight excluding hydrogens is 308 g/mol. The highest BCUT2D eigenvalue weighted by Crippen LogP contribution is 2.30. The number of hydrogen-bond donors (Lipinski definition) is 2. The maximum absolute atomic E-state index is 11.6. The summed E-state index contributed by atoms with van der Waals surface area (Å²) in [5.74, 6) is -0.789. The van der Waals surface area contributed by atoms with Gasteiger partial charge in [0.05, 0.1) is 22.1 Å². The van der Waals surface area contributed by atoms with Crippen LogP contribution in [0.25, 0.3) is 22.0 Å². The lowest BCUT2D eigenvalue weighted by Crippen LogP contribution is -2.21. The molecule has 0 spiro atoms. The number of hydrogen-bond acceptors (Lipinski definition) is 4. The molecule has 24 heavy (non-hydrogen) atoms. The molecule has 1 amide bonds. The van der Waals surface area contributed by atoms with E-state index in [0.717, 1.165) is 27.7 Å². The van der Waals surface area contributed by atoms with Gasteiger partial charge in [-0.3, -0.25) is 20.0 Å². The molecule has 122 valence electrons. The standard InChI is InChI=1S/C17H16N4O3/c1-2-13(17(18)22)16-14-8-5-11(9-15(14)19-20-16)10-3-6-12(7-4-10)21(23)24/h3-9,13H,2H2,1H3,(H2,18,22)(H,19,20). The number of nitrogens with zero attached hydrogens (tertiary/aromatic N) is 2. The van der Waals surface area contributed by atoms with Gasteiger partial charge in [0.1, 0.15) is 0 Å². The maximum Gasteiger partial charge on any atom is 0.269 e. The summed E-state index contributed by atoms with van der Waals surface area (Å²) in [4.78, 5) is 21.9. The summed E-state index contributed by atoms with van der Waals surface area (Å²) in [6.45, 7) is 1.90. The normalized spacial score (nSPS) is 12.2. The molecule has 0 aliphatic heterocycles. The van der Waals surface area contributed by atoms with Crippen molar-refractivity contribution in [3.05, 3.63) is 58.3 Å². The molecule has 3 rings (SSSR count). The number of benzene rings is 2. The summed E-state index contributed by atoms with van der Waals surface area (Å²) in [6, 6.07) is 12.0. The Balaban J connectivity index is 2.01. The van der Waals surface area contributed by atoms with Gasteiger partial charge in [0, 0.05) is 17.5 Å². The Hall–Kier alpha value is -3.22. The fourth-order valence-electron chi connectivity index (χ4n) is 2.80. The molecule has 0 aliphatic carbocycles. The Labute approximate surface area is 137 Å². The number of nitro benzene ring substituents is 1. The number of rotatable bonds is 5. The predicted octanol–water partition coefficient (Wildman–Crippen LogP) is 3.12. The zero-order valence-electron chi connectivity index (χ0n) is 13.0. The first-order valence-corrected chi connectivity index (χ1v) is 7.53. The molecule has 0 radical (unpaired) electrons. The van der Waals surface area contributed by atoms with Crippen LogP contribution in [-0.2, 0) is 4.79 Å². The van der Waals surface area contributed by atoms with Crippen molar-refractivity contribution in [2.24, 2.45) is 5.73 Å². The number of carbonyl (C=O) groups is 1. The zero-order chi connectivity index (χ0) is 17.3. The van der Waals surface area contributed by atoms with E-state index < -0.39 is 10.8 Å². The van der Waals surface area contributed by atoms with E-state index >= 15 is 0 Å². The third-order valence-electron chi connectivity index (χ3n) is 4.10. The number of aromatic amines is 1. The topological polar surface area (TPSA) is 115 Å². The van der Waals surface area contributed by atoms with Gasteiger partial charge in [-0.15, -0.1) is 0 Å². The Morgan fingerprint density at radius 2 is 1.92 bits per heavy atom. The molecule has 7 nitrogen and oxygen atoms in total. The highest BCUT2D eigenvalue weighted by molar-refractivity contribution is 5.91. The zero-order valence-corrected chi connectivity index (χ0v) is 13.0. The molecule has 7 heteroatoms. The Morgan fingerprint density at radius 3 is 2.50 bits per heavy atom.